The van der Waals surface area contributed by atoms with Crippen molar-refractivity contribution in [2.75, 3.05) is 0 Å². The first-order valence-electron chi connectivity index (χ1n) is 13.9. The third-order valence-corrected chi connectivity index (χ3v) is 10.3. The Labute approximate surface area is 203 Å². The Morgan fingerprint density at radius 1 is 1.15 bits per heavy atom. The number of rotatable bonds is 7. The number of ether oxygens (including phenoxy) is 1. The third kappa shape index (κ3) is 4.78. The molecule has 2 fully saturated rings. The van der Waals surface area contributed by atoms with Crippen molar-refractivity contribution >= 4 is 5.97 Å². The van der Waals surface area contributed by atoms with Crippen LogP contribution in [0.5, 0.6) is 0 Å². The van der Waals surface area contributed by atoms with Gasteiger partial charge in [0.25, 0.3) is 0 Å². The van der Waals surface area contributed by atoms with Crippen LogP contribution in [0, 0.1) is 46.3 Å². The van der Waals surface area contributed by atoms with Crippen LogP contribution >= 0.6 is 0 Å². The normalized spacial score (nSPS) is 38.9. The van der Waals surface area contributed by atoms with Gasteiger partial charge in [-0.15, -0.1) is 0 Å². The minimum absolute atomic E-state index is 0.187. The standard InChI is InChI=1S/C31H48O2/c1-21(2)10-8-7-9-11-22(3)27-14-15-28-26-13-12-24-20-25(33-23(4)32)16-18-30(24,5)29(26)17-19-31(27,28)6/h9,11-12,20-22,26-29H,7-8,10,13-19H2,1-6H3/b11-9+/t22-,26+,27-,28+,29+,30+,31-/m1/s1. The van der Waals surface area contributed by atoms with Gasteiger partial charge < -0.3 is 4.74 Å². The lowest BCUT2D eigenvalue weighted by Crippen LogP contribution is -2.49. The van der Waals surface area contributed by atoms with Crippen LogP contribution in [0.25, 0.3) is 0 Å². The molecule has 0 aliphatic heterocycles. The largest absolute Gasteiger partial charge is 0.431 e. The molecule has 2 heteroatoms. The maximum absolute atomic E-state index is 11.5. The highest BCUT2D eigenvalue weighted by Crippen LogP contribution is 2.67. The van der Waals surface area contributed by atoms with E-state index in [1.54, 1.807) is 0 Å². The monoisotopic (exact) mass is 452 g/mol. The molecule has 0 amide bonds. The first-order valence-corrected chi connectivity index (χ1v) is 13.9. The zero-order chi connectivity index (χ0) is 23.8. The van der Waals surface area contributed by atoms with Crippen molar-refractivity contribution in [3.63, 3.8) is 0 Å². The van der Waals surface area contributed by atoms with Crippen LogP contribution in [-0.2, 0) is 9.53 Å². The van der Waals surface area contributed by atoms with Crippen LogP contribution in [0.3, 0.4) is 0 Å². The fourth-order valence-corrected chi connectivity index (χ4v) is 8.56. The average Bonchev–Trinajstić information content (AvgIpc) is 3.10. The van der Waals surface area contributed by atoms with E-state index >= 15 is 0 Å². The van der Waals surface area contributed by atoms with Crippen LogP contribution in [-0.4, -0.2) is 5.97 Å². The summed E-state index contributed by atoms with van der Waals surface area (Å²) in [4.78, 5) is 11.5. The van der Waals surface area contributed by atoms with Gasteiger partial charge in [-0.05, 0) is 109 Å². The molecule has 0 radical (unpaired) electrons. The van der Waals surface area contributed by atoms with E-state index in [-0.39, 0.29) is 11.4 Å². The van der Waals surface area contributed by atoms with E-state index in [0.29, 0.717) is 11.3 Å². The molecule has 0 spiro atoms. The van der Waals surface area contributed by atoms with Crippen LogP contribution in [0.4, 0.5) is 0 Å². The molecule has 0 bridgehead atoms. The second-order valence-corrected chi connectivity index (χ2v) is 12.7. The molecule has 2 saturated carbocycles. The van der Waals surface area contributed by atoms with Crippen molar-refractivity contribution in [1.82, 2.24) is 0 Å². The number of carbonyl (C=O) groups excluding carboxylic acids is 1. The number of hydrogen-bond donors (Lipinski definition) is 0. The van der Waals surface area contributed by atoms with Gasteiger partial charge in [0.2, 0.25) is 0 Å². The van der Waals surface area contributed by atoms with E-state index in [9.17, 15) is 4.79 Å². The fraction of sp³-hybridized carbons (Fsp3) is 0.774. The summed E-state index contributed by atoms with van der Waals surface area (Å²) in [6.07, 6.45) is 22.5. The van der Waals surface area contributed by atoms with Gasteiger partial charge in [0.05, 0.1) is 0 Å². The highest BCUT2D eigenvalue weighted by Gasteiger charge is 2.58. The van der Waals surface area contributed by atoms with Gasteiger partial charge in [-0.2, -0.15) is 0 Å². The van der Waals surface area contributed by atoms with Gasteiger partial charge in [-0.25, -0.2) is 0 Å². The molecule has 0 aromatic rings. The van der Waals surface area contributed by atoms with Crippen molar-refractivity contribution in [3.05, 3.63) is 35.6 Å². The smallest absolute Gasteiger partial charge is 0.307 e. The van der Waals surface area contributed by atoms with Gasteiger partial charge in [0.15, 0.2) is 0 Å². The number of carbonyl (C=O) groups is 1. The molecule has 0 aromatic carbocycles. The molecule has 184 valence electrons. The van der Waals surface area contributed by atoms with E-state index in [1.807, 2.05) is 0 Å². The number of allylic oxidation sites excluding steroid dienone is 6. The molecular formula is C31H48O2. The Kier molecular flexibility index (Phi) is 7.32. The SMILES string of the molecule is CC(=O)OC1=CC2=CC[C@H]3[C@@H]4CC[C@H]([C@H](C)/C=C/CCCC(C)C)[C@@]4(C)CC[C@@H]3[C@@]2(C)CC1. The van der Waals surface area contributed by atoms with E-state index in [0.717, 1.165) is 48.2 Å². The predicted molar refractivity (Wildman–Crippen MR) is 137 cm³/mol. The summed E-state index contributed by atoms with van der Waals surface area (Å²) in [7, 11) is 0. The lowest BCUT2D eigenvalue weighted by molar-refractivity contribution is -0.137. The fourth-order valence-electron chi connectivity index (χ4n) is 8.56. The van der Waals surface area contributed by atoms with Gasteiger partial charge >= 0.3 is 5.97 Å². The molecule has 4 aliphatic carbocycles. The number of hydrogen-bond acceptors (Lipinski definition) is 2. The summed E-state index contributed by atoms with van der Waals surface area (Å²) in [6, 6.07) is 0. The zero-order valence-electron chi connectivity index (χ0n) is 22.2. The van der Waals surface area contributed by atoms with Crippen molar-refractivity contribution in [2.45, 2.75) is 106 Å². The average molecular weight is 453 g/mol. The van der Waals surface area contributed by atoms with Crippen molar-refractivity contribution in [2.24, 2.45) is 46.3 Å². The maximum atomic E-state index is 11.5. The molecule has 0 unspecified atom stereocenters. The molecule has 0 N–H and O–H groups in total. The molecule has 7 atom stereocenters. The maximum Gasteiger partial charge on any atom is 0.307 e. The summed E-state index contributed by atoms with van der Waals surface area (Å²) in [5, 5.41) is 0. The van der Waals surface area contributed by atoms with Crippen molar-refractivity contribution < 1.29 is 9.53 Å². The lowest BCUT2D eigenvalue weighted by Gasteiger charge is -2.57. The van der Waals surface area contributed by atoms with E-state index in [1.165, 1.54) is 63.9 Å². The quantitative estimate of drug-likeness (QED) is 0.219. The lowest BCUT2D eigenvalue weighted by atomic mass is 9.47. The Morgan fingerprint density at radius 2 is 1.94 bits per heavy atom. The summed E-state index contributed by atoms with van der Waals surface area (Å²) in [6.45, 7) is 13.8. The minimum atomic E-state index is -0.187. The Hall–Kier alpha value is -1.31. The zero-order valence-corrected chi connectivity index (χ0v) is 22.2. The molecule has 0 aromatic heterocycles. The summed E-state index contributed by atoms with van der Waals surface area (Å²) >= 11 is 0. The van der Waals surface area contributed by atoms with Gasteiger partial charge in [-0.1, -0.05) is 59.3 Å². The Bertz CT molecular complexity index is 817. The molecule has 4 rings (SSSR count). The summed E-state index contributed by atoms with van der Waals surface area (Å²) in [5.41, 5.74) is 2.20. The van der Waals surface area contributed by atoms with E-state index in [2.05, 4.69) is 58.9 Å². The van der Waals surface area contributed by atoms with E-state index < -0.39 is 0 Å². The number of fused-ring (bicyclic) bond motifs is 5. The molecule has 4 aliphatic rings. The van der Waals surface area contributed by atoms with Gasteiger partial charge in [0.1, 0.15) is 5.76 Å². The topological polar surface area (TPSA) is 26.3 Å². The van der Waals surface area contributed by atoms with Crippen molar-refractivity contribution in [3.8, 4) is 0 Å². The molecule has 33 heavy (non-hydrogen) atoms. The second kappa shape index (κ2) is 9.74. The van der Waals surface area contributed by atoms with Gasteiger partial charge in [0, 0.05) is 13.3 Å². The van der Waals surface area contributed by atoms with E-state index in [4.69, 9.17) is 4.74 Å². The van der Waals surface area contributed by atoms with Crippen LogP contribution in [0.1, 0.15) is 106 Å². The first kappa shape index (κ1) is 24.8. The summed E-state index contributed by atoms with van der Waals surface area (Å²) in [5.74, 6) is 5.52. The second-order valence-electron chi connectivity index (χ2n) is 12.7. The third-order valence-electron chi connectivity index (χ3n) is 10.3. The van der Waals surface area contributed by atoms with Crippen LogP contribution < -0.4 is 0 Å². The van der Waals surface area contributed by atoms with Crippen LogP contribution in [0.2, 0.25) is 0 Å². The number of esters is 1. The highest BCUT2D eigenvalue weighted by molar-refractivity contribution is 5.67. The molecule has 2 nitrogen and oxygen atoms in total. The molecule has 0 heterocycles. The van der Waals surface area contributed by atoms with Gasteiger partial charge in [-0.3, -0.25) is 4.79 Å². The molecular weight excluding hydrogens is 404 g/mol. The Balaban J connectivity index is 1.46. The predicted octanol–water partition coefficient (Wildman–Crippen LogP) is 8.64. The molecule has 0 saturated heterocycles. The summed E-state index contributed by atoms with van der Waals surface area (Å²) < 4.78 is 5.48. The van der Waals surface area contributed by atoms with Crippen LogP contribution in [0.15, 0.2) is 35.6 Å². The highest BCUT2D eigenvalue weighted by atomic mass is 16.5. The minimum Gasteiger partial charge on any atom is -0.431 e. The number of unbranched alkanes of at least 4 members (excludes halogenated alkanes) is 1. The Morgan fingerprint density at radius 3 is 2.67 bits per heavy atom. The van der Waals surface area contributed by atoms with Crippen molar-refractivity contribution in [1.29, 1.82) is 0 Å². The first-order chi connectivity index (χ1) is 15.6.